The van der Waals surface area contributed by atoms with Crippen molar-refractivity contribution in [1.82, 2.24) is 9.88 Å². The van der Waals surface area contributed by atoms with E-state index in [1.165, 1.54) is 4.90 Å². The highest BCUT2D eigenvalue weighted by atomic mass is 16.5. The van der Waals surface area contributed by atoms with Gasteiger partial charge in [-0.2, -0.15) is 0 Å². The zero-order chi connectivity index (χ0) is 17.8. The molecule has 0 unspecified atom stereocenters. The van der Waals surface area contributed by atoms with Crippen molar-refractivity contribution >= 4 is 28.6 Å². The monoisotopic (exact) mass is 344 g/mol. The van der Waals surface area contributed by atoms with Crippen molar-refractivity contribution in [3.05, 3.63) is 36.0 Å². The summed E-state index contributed by atoms with van der Waals surface area (Å²) in [6, 6.07) is 7.06. The number of quaternary nitrogens is 1. The SMILES string of the molecule is CCOC(=O)C[C@@H]1[NH2+]CCN(CC(=O)c2c[nH]c3ccccc23)C1=O. The molecule has 25 heavy (non-hydrogen) atoms. The maximum Gasteiger partial charge on any atom is 0.312 e. The van der Waals surface area contributed by atoms with Crippen LogP contribution in [0.25, 0.3) is 10.9 Å². The Hall–Kier alpha value is -2.67. The number of hydrogen-bond acceptors (Lipinski definition) is 4. The van der Waals surface area contributed by atoms with E-state index in [0.717, 1.165) is 10.9 Å². The van der Waals surface area contributed by atoms with Crippen LogP contribution in [0.2, 0.25) is 0 Å². The summed E-state index contributed by atoms with van der Waals surface area (Å²) >= 11 is 0. The molecule has 7 heteroatoms. The molecular formula is C18H22N3O4+. The molecule has 1 aromatic heterocycles. The quantitative estimate of drug-likeness (QED) is 0.573. The van der Waals surface area contributed by atoms with Gasteiger partial charge in [-0.15, -0.1) is 0 Å². The lowest BCUT2D eigenvalue weighted by Crippen LogP contribution is -2.96. The van der Waals surface area contributed by atoms with Crippen molar-refractivity contribution in [2.75, 3.05) is 26.2 Å². The van der Waals surface area contributed by atoms with E-state index in [-0.39, 0.29) is 30.6 Å². The second-order valence-corrected chi connectivity index (χ2v) is 6.07. The summed E-state index contributed by atoms with van der Waals surface area (Å²) in [7, 11) is 0. The van der Waals surface area contributed by atoms with Crippen molar-refractivity contribution in [3.63, 3.8) is 0 Å². The average Bonchev–Trinajstić information content (AvgIpc) is 3.03. The molecule has 2 heterocycles. The molecule has 1 aromatic carbocycles. The Bertz CT molecular complexity index is 798. The van der Waals surface area contributed by atoms with Gasteiger partial charge in [-0.25, -0.2) is 0 Å². The lowest BCUT2D eigenvalue weighted by Gasteiger charge is -2.29. The largest absolute Gasteiger partial charge is 0.466 e. The van der Waals surface area contributed by atoms with Crippen LogP contribution in [0.5, 0.6) is 0 Å². The van der Waals surface area contributed by atoms with Gasteiger partial charge in [0.15, 0.2) is 11.8 Å². The number of nitrogens with zero attached hydrogens (tertiary/aromatic N) is 1. The maximum absolute atomic E-state index is 12.6. The molecule has 1 amide bonds. The molecule has 1 atom stereocenters. The Morgan fingerprint density at radius 3 is 2.96 bits per heavy atom. The molecule has 2 aromatic rings. The summed E-state index contributed by atoms with van der Waals surface area (Å²) in [6.45, 7) is 3.20. The van der Waals surface area contributed by atoms with Crippen LogP contribution in [0.4, 0.5) is 0 Å². The van der Waals surface area contributed by atoms with Crippen molar-refractivity contribution in [2.45, 2.75) is 19.4 Å². The number of ether oxygens (including phenoxy) is 1. The lowest BCUT2D eigenvalue weighted by atomic mass is 10.1. The van der Waals surface area contributed by atoms with Crippen molar-refractivity contribution in [1.29, 1.82) is 0 Å². The fourth-order valence-corrected chi connectivity index (χ4v) is 3.16. The number of aromatic nitrogens is 1. The number of Topliss-reactive ketones (excluding diaryl/α,β-unsaturated/α-hetero) is 1. The maximum atomic E-state index is 12.6. The molecule has 0 aliphatic carbocycles. The number of hydrogen-bond donors (Lipinski definition) is 2. The summed E-state index contributed by atoms with van der Waals surface area (Å²) in [6.07, 6.45) is 1.72. The van der Waals surface area contributed by atoms with Crippen molar-refractivity contribution < 1.29 is 24.4 Å². The Morgan fingerprint density at radius 2 is 2.16 bits per heavy atom. The first-order valence-electron chi connectivity index (χ1n) is 8.47. The van der Waals surface area contributed by atoms with Crippen LogP contribution in [-0.2, 0) is 14.3 Å². The first-order valence-corrected chi connectivity index (χ1v) is 8.47. The molecule has 0 saturated carbocycles. The minimum absolute atomic E-state index is 0.0217. The van der Waals surface area contributed by atoms with Gasteiger partial charge in [-0.05, 0) is 13.0 Å². The van der Waals surface area contributed by atoms with Crippen LogP contribution in [-0.4, -0.2) is 59.8 Å². The van der Waals surface area contributed by atoms with Crippen LogP contribution in [0.15, 0.2) is 30.5 Å². The van der Waals surface area contributed by atoms with Crippen molar-refractivity contribution in [3.8, 4) is 0 Å². The van der Waals surface area contributed by atoms with Crippen LogP contribution < -0.4 is 5.32 Å². The molecule has 132 valence electrons. The number of rotatable bonds is 6. The molecular weight excluding hydrogens is 322 g/mol. The minimum atomic E-state index is -0.511. The summed E-state index contributed by atoms with van der Waals surface area (Å²) in [5.74, 6) is -0.683. The number of aromatic amines is 1. The van der Waals surface area contributed by atoms with E-state index in [0.29, 0.717) is 25.3 Å². The van der Waals surface area contributed by atoms with Gasteiger partial charge in [0, 0.05) is 22.7 Å². The summed E-state index contributed by atoms with van der Waals surface area (Å²) in [5.41, 5.74) is 1.48. The number of amides is 1. The summed E-state index contributed by atoms with van der Waals surface area (Å²) in [5, 5.41) is 2.69. The molecule has 0 spiro atoms. The Kier molecular flexibility index (Phi) is 5.14. The van der Waals surface area contributed by atoms with Crippen LogP contribution >= 0.6 is 0 Å². The van der Waals surface area contributed by atoms with Gasteiger partial charge in [-0.3, -0.25) is 14.4 Å². The Morgan fingerprint density at radius 1 is 1.36 bits per heavy atom. The number of nitrogens with one attached hydrogen (secondary N) is 1. The zero-order valence-corrected chi connectivity index (χ0v) is 14.2. The van der Waals surface area contributed by atoms with Crippen LogP contribution in [0, 0.1) is 0 Å². The summed E-state index contributed by atoms with van der Waals surface area (Å²) in [4.78, 5) is 41.5. The number of benzene rings is 1. The van der Waals surface area contributed by atoms with Crippen molar-refractivity contribution in [2.24, 2.45) is 0 Å². The topological polar surface area (TPSA) is 96.1 Å². The standard InChI is InChI=1S/C18H21N3O4/c1-2-25-17(23)9-15-18(24)21(8-7-19-15)11-16(22)13-10-20-14-6-4-3-5-12(13)14/h3-6,10,15,19-20H,2,7-9,11H2,1H3/p+1/t15-/m0/s1. The van der Waals surface area contributed by atoms with Gasteiger partial charge in [-0.1, -0.05) is 18.2 Å². The predicted octanol–water partition coefficient (Wildman–Crippen LogP) is 0.0780. The molecule has 1 saturated heterocycles. The smallest absolute Gasteiger partial charge is 0.312 e. The molecule has 3 N–H and O–H groups in total. The molecule has 1 fully saturated rings. The van der Waals surface area contributed by atoms with Gasteiger partial charge in [0.25, 0.3) is 5.91 Å². The highest BCUT2D eigenvalue weighted by Gasteiger charge is 2.35. The van der Waals surface area contributed by atoms with E-state index >= 15 is 0 Å². The van der Waals surface area contributed by atoms with Crippen LogP contribution in [0.3, 0.4) is 0 Å². The highest BCUT2D eigenvalue weighted by molar-refractivity contribution is 6.09. The van der Waals surface area contributed by atoms with E-state index in [4.69, 9.17) is 4.74 Å². The second-order valence-electron chi connectivity index (χ2n) is 6.07. The number of fused-ring (bicyclic) bond motifs is 1. The first-order chi connectivity index (χ1) is 12.1. The summed E-state index contributed by atoms with van der Waals surface area (Å²) < 4.78 is 4.92. The average molecular weight is 344 g/mol. The number of para-hydroxylation sites is 1. The third-order valence-corrected chi connectivity index (χ3v) is 4.40. The molecule has 3 rings (SSSR count). The van der Waals surface area contributed by atoms with E-state index < -0.39 is 6.04 Å². The number of esters is 1. The molecule has 1 aliphatic rings. The molecule has 0 radical (unpaired) electrons. The predicted molar refractivity (Wildman–Crippen MR) is 91.0 cm³/mol. The number of piperazine rings is 1. The van der Waals surface area contributed by atoms with Gasteiger partial charge in [0.05, 0.1) is 26.2 Å². The van der Waals surface area contributed by atoms with E-state index in [1.54, 1.807) is 13.1 Å². The van der Waals surface area contributed by atoms with Gasteiger partial charge in [0.1, 0.15) is 6.42 Å². The first kappa shape index (κ1) is 17.2. The third kappa shape index (κ3) is 3.71. The van der Waals surface area contributed by atoms with Crippen LogP contribution in [0.1, 0.15) is 23.7 Å². The number of carbonyl (C=O) groups is 3. The van der Waals surface area contributed by atoms with Gasteiger partial charge >= 0.3 is 5.97 Å². The molecule has 0 bridgehead atoms. The van der Waals surface area contributed by atoms with Gasteiger partial charge in [0.2, 0.25) is 0 Å². The number of H-pyrrole nitrogens is 1. The van der Waals surface area contributed by atoms with E-state index in [2.05, 4.69) is 4.98 Å². The normalized spacial score (nSPS) is 17.7. The minimum Gasteiger partial charge on any atom is -0.466 e. The number of ketones is 1. The third-order valence-electron chi connectivity index (χ3n) is 4.40. The lowest BCUT2D eigenvalue weighted by molar-refractivity contribution is -0.682. The molecule has 7 nitrogen and oxygen atoms in total. The zero-order valence-electron chi connectivity index (χ0n) is 14.2. The fourth-order valence-electron chi connectivity index (χ4n) is 3.16. The fraction of sp³-hybridized carbons (Fsp3) is 0.389. The highest BCUT2D eigenvalue weighted by Crippen LogP contribution is 2.18. The van der Waals surface area contributed by atoms with Gasteiger partial charge < -0.3 is 19.9 Å². The van der Waals surface area contributed by atoms with E-state index in [9.17, 15) is 14.4 Å². The van der Waals surface area contributed by atoms with E-state index in [1.807, 2.05) is 29.6 Å². The second kappa shape index (κ2) is 7.48. The number of carbonyl (C=O) groups excluding carboxylic acids is 3. The molecule has 1 aliphatic heterocycles. The Balaban J connectivity index is 1.68. The number of nitrogens with two attached hydrogens (primary N) is 1. The Labute approximate surface area is 145 Å².